The lowest BCUT2D eigenvalue weighted by Crippen LogP contribution is -2.29. The van der Waals surface area contributed by atoms with Crippen molar-refractivity contribution in [1.29, 1.82) is 0 Å². The van der Waals surface area contributed by atoms with Crippen molar-refractivity contribution >= 4 is 0 Å². The molecule has 1 fully saturated rings. The molecule has 0 aromatic carbocycles. The van der Waals surface area contributed by atoms with Crippen molar-refractivity contribution in [3.05, 3.63) is 0 Å². The normalized spacial score (nSPS) is 25.1. The van der Waals surface area contributed by atoms with Crippen molar-refractivity contribution in [1.82, 2.24) is 5.32 Å². The molecule has 0 saturated heterocycles. The van der Waals surface area contributed by atoms with Crippen molar-refractivity contribution in [2.75, 3.05) is 40.5 Å². The lowest BCUT2D eigenvalue weighted by atomic mass is 9.77. The molecule has 0 heterocycles. The molecule has 1 rings (SSSR count). The summed E-state index contributed by atoms with van der Waals surface area (Å²) in [4.78, 5) is 0. The zero-order chi connectivity index (χ0) is 12.3. The summed E-state index contributed by atoms with van der Waals surface area (Å²) in [6.07, 6.45) is 8.22. The van der Waals surface area contributed by atoms with Gasteiger partial charge in [-0.2, -0.15) is 0 Å². The molecule has 17 heavy (non-hydrogen) atoms. The summed E-state index contributed by atoms with van der Waals surface area (Å²) in [5, 5.41) is 3.34. The molecule has 1 N–H and O–H groups in total. The SMILES string of the molecule is CNCC1CCCCC1CCCOCCOC. The maximum atomic E-state index is 5.52. The number of rotatable bonds is 9. The number of hydrogen-bond donors (Lipinski definition) is 1. The predicted octanol–water partition coefficient (Wildman–Crippen LogP) is 2.46. The smallest absolute Gasteiger partial charge is 0.0700 e. The molecule has 1 saturated carbocycles. The van der Waals surface area contributed by atoms with Crippen LogP contribution in [0.25, 0.3) is 0 Å². The Bertz CT molecular complexity index is 174. The van der Waals surface area contributed by atoms with Crippen LogP contribution in [0, 0.1) is 11.8 Å². The van der Waals surface area contributed by atoms with Crippen LogP contribution in [0.2, 0.25) is 0 Å². The first-order chi connectivity index (χ1) is 8.38. The monoisotopic (exact) mass is 243 g/mol. The van der Waals surface area contributed by atoms with Crippen LogP contribution in [0.15, 0.2) is 0 Å². The fourth-order valence-electron chi connectivity index (χ4n) is 2.89. The highest BCUT2D eigenvalue weighted by atomic mass is 16.5. The van der Waals surface area contributed by atoms with E-state index in [4.69, 9.17) is 9.47 Å². The van der Waals surface area contributed by atoms with Gasteiger partial charge in [0, 0.05) is 13.7 Å². The van der Waals surface area contributed by atoms with Gasteiger partial charge < -0.3 is 14.8 Å². The van der Waals surface area contributed by atoms with Gasteiger partial charge >= 0.3 is 0 Å². The first-order valence-electron chi connectivity index (χ1n) is 7.09. The molecule has 3 nitrogen and oxygen atoms in total. The van der Waals surface area contributed by atoms with Gasteiger partial charge in [0.15, 0.2) is 0 Å². The third kappa shape index (κ3) is 6.39. The van der Waals surface area contributed by atoms with E-state index in [1.165, 1.54) is 45.1 Å². The van der Waals surface area contributed by atoms with Gasteiger partial charge in [-0.05, 0) is 44.7 Å². The molecule has 3 heteroatoms. The maximum Gasteiger partial charge on any atom is 0.0700 e. The van der Waals surface area contributed by atoms with E-state index < -0.39 is 0 Å². The van der Waals surface area contributed by atoms with Crippen LogP contribution in [-0.4, -0.2) is 40.5 Å². The number of nitrogens with one attached hydrogen (secondary N) is 1. The molecule has 0 aromatic heterocycles. The summed E-state index contributed by atoms with van der Waals surface area (Å²) in [6.45, 7) is 3.54. The van der Waals surface area contributed by atoms with E-state index in [9.17, 15) is 0 Å². The molecule has 0 bridgehead atoms. The van der Waals surface area contributed by atoms with Crippen LogP contribution < -0.4 is 5.32 Å². The summed E-state index contributed by atoms with van der Waals surface area (Å²) < 4.78 is 10.5. The van der Waals surface area contributed by atoms with Crippen LogP contribution in [0.1, 0.15) is 38.5 Å². The number of ether oxygens (including phenoxy) is 2. The lowest BCUT2D eigenvalue weighted by Gasteiger charge is -2.31. The van der Waals surface area contributed by atoms with Crippen molar-refractivity contribution in [3.8, 4) is 0 Å². The summed E-state index contributed by atoms with van der Waals surface area (Å²) in [5.41, 5.74) is 0. The van der Waals surface area contributed by atoms with Crippen LogP contribution in [0.4, 0.5) is 0 Å². The highest BCUT2D eigenvalue weighted by molar-refractivity contribution is 4.76. The molecule has 2 unspecified atom stereocenters. The van der Waals surface area contributed by atoms with Crippen molar-refractivity contribution in [2.24, 2.45) is 11.8 Å². The van der Waals surface area contributed by atoms with E-state index in [1.54, 1.807) is 7.11 Å². The van der Waals surface area contributed by atoms with Crippen LogP contribution in [-0.2, 0) is 9.47 Å². The van der Waals surface area contributed by atoms with E-state index >= 15 is 0 Å². The Morgan fingerprint density at radius 1 is 1.06 bits per heavy atom. The molecule has 1 aliphatic rings. The average Bonchev–Trinajstić information content (AvgIpc) is 2.36. The highest BCUT2D eigenvalue weighted by Crippen LogP contribution is 2.32. The standard InChI is InChI=1S/C14H29NO2/c1-15-12-14-7-4-3-6-13(14)8-5-9-17-11-10-16-2/h13-15H,3-12H2,1-2H3. The molecular formula is C14H29NO2. The Morgan fingerprint density at radius 2 is 1.82 bits per heavy atom. The van der Waals surface area contributed by atoms with Crippen molar-refractivity contribution < 1.29 is 9.47 Å². The highest BCUT2D eigenvalue weighted by Gasteiger charge is 2.23. The van der Waals surface area contributed by atoms with Crippen molar-refractivity contribution in [2.45, 2.75) is 38.5 Å². The summed E-state index contributed by atoms with van der Waals surface area (Å²) in [6, 6.07) is 0. The average molecular weight is 243 g/mol. The third-order valence-electron chi connectivity index (χ3n) is 3.83. The van der Waals surface area contributed by atoms with Gasteiger partial charge in [0.1, 0.15) is 0 Å². The Morgan fingerprint density at radius 3 is 2.53 bits per heavy atom. The fraction of sp³-hybridized carbons (Fsp3) is 1.00. The second-order valence-electron chi connectivity index (χ2n) is 5.11. The first kappa shape index (κ1) is 14.9. The van der Waals surface area contributed by atoms with E-state index in [0.29, 0.717) is 6.61 Å². The number of methoxy groups -OCH3 is 1. The molecule has 102 valence electrons. The summed E-state index contributed by atoms with van der Waals surface area (Å²) >= 11 is 0. The summed E-state index contributed by atoms with van der Waals surface area (Å²) in [5.74, 6) is 1.81. The van der Waals surface area contributed by atoms with E-state index in [0.717, 1.165) is 25.0 Å². The summed E-state index contributed by atoms with van der Waals surface area (Å²) in [7, 11) is 3.78. The lowest BCUT2D eigenvalue weighted by molar-refractivity contribution is 0.0646. The van der Waals surface area contributed by atoms with E-state index in [2.05, 4.69) is 12.4 Å². The zero-order valence-electron chi connectivity index (χ0n) is 11.5. The van der Waals surface area contributed by atoms with Gasteiger partial charge in [0.05, 0.1) is 13.2 Å². The molecule has 1 aliphatic carbocycles. The molecule has 0 aliphatic heterocycles. The second kappa shape index (κ2) is 9.86. The molecule has 0 aromatic rings. The van der Waals surface area contributed by atoms with Crippen LogP contribution >= 0.6 is 0 Å². The zero-order valence-corrected chi connectivity index (χ0v) is 11.5. The van der Waals surface area contributed by atoms with Gasteiger partial charge in [-0.25, -0.2) is 0 Å². The van der Waals surface area contributed by atoms with Gasteiger partial charge in [-0.3, -0.25) is 0 Å². The van der Waals surface area contributed by atoms with Gasteiger partial charge in [-0.1, -0.05) is 19.3 Å². The Hall–Kier alpha value is -0.120. The molecule has 0 amide bonds. The van der Waals surface area contributed by atoms with E-state index in [1.807, 2.05) is 0 Å². The minimum atomic E-state index is 0.714. The first-order valence-corrected chi connectivity index (χ1v) is 7.09. The quantitative estimate of drug-likeness (QED) is 0.631. The van der Waals surface area contributed by atoms with E-state index in [-0.39, 0.29) is 0 Å². The maximum absolute atomic E-state index is 5.52. The molecule has 2 atom stereocenters. The van der Waals surface area contributed by atoms with Gasteiger partial charge in [0.2, 0.25) is 0 Å². The molecule has 0 radical (unpaired) electrons. The Labute approximate surface area is 106 Å². The predicted molar refractivity (Wildman–Crippen MR) is 71.3 cm³/mol. The van der Waals surface area contributed by atoms with Gasteiger partial charge in [-0.15, -0.1) is 0 Å². The van der Waals surface area contributed by atoms with Crippen LogP contribution in [0.3, 0.4) is 0 Å². The Kier molecular flexibility index (Phi) is 8.67. The fourth-order valence-corrected chi connectivity index (χ4v) is 2.89. The topological polar surface area (TPSA) is 30.5 Å². The number of hydrogen-bond acceptors (Lipinski definition) is 3. The minimum absolute atomic E-state index is 0.714. The second-order valence-corrected chi connectivity index (χ2v) is 5.11. The van der Waals surface area contributed by atoms with Crippen molar-refractivity contribution in [3.63, 3.8) is 0 Å². The molecular weight excluding hydrogens is 214 g/mol. The van der Waals surface area contributed by atoms with Gasteiger partial charge in [0.25, 0.3) is 0 Å². The largest absolute Gasteiger partial charge is 0.382 e. The Balaban J connectivity index is 2.06. The van der Waals surface area contributed by atoms with Crippen LogP contribution in [0.5, 0.6) is 0 Å². The third-order valence-corrected chi connectivity index (χ3v) is 3.83. The molecule has 0 spiro atoms. The minimum Gasteiger partial charge on any atom is -0.382 e.